The second-order valence-corrected chi connectivity index (χ2v) is 6.93. The summed E-state index contributed by atoms with van der Waals surface area (Å²) in [6.45, 7) is 5.48. The Morgan fingerprint density at radius 1 is 1.14 bits per heavy atom. The van der Waals surface area contributed by atoms with Gasteiger partial charge in [0.1, 0.15) is 0 Å². The Kier molecular flexibility index (Phi) is 6.81. The predicted octanol–water partition coefficient (Wildman–Crippen LogP) is 3.18. The molecule has 1 N–H and O–H groups in total. The molecular weight excluding hydrogens is 364 g/mol. The summed E-state index contributed by atoms with van der Waals surface area (Å²) in [6, 6.07) is 6.83. The summed E-state index contributed by atoms with van der Waals surface area (Å²) in [7, 11) is 3.07. The van der Waals surface area contributed by atoms with Gasteiger partial charge in [-0.3, -0.25) is 10.1 Å². The van der Waals surface area contributed by atoms with E-state index in [9.17, 15) is 9.59 Å². The number of methoxy groups -OCH3 is 2. The summed E-state index contributed by atoms with van der Waals surface area (Å²) in [4.78, 5) is 23.7. The number of carbonyl (C=O) groups excluding carboxylic acids is 2. The average molecular weight is 388 g/mol. The van der Waals surface area contributed by atoms with Crippen LogP contribution in [0.1, 0.15) is 32.0 Å². The van der Waals surface area contributed by atoms with E-state index in [-0.39, 0.29) is 11.3 Å². The van der Waals surface area contributed by atoms with Crippen molar-refractivity contribution in [3.05, 3.63) is 41.6 Å². The van der Waals surface area contributed by atoms with Gasteiger partial charge in [0.2, 0.25) is 5.88 Å². The van der Waals surface area contributed by atoms with Gasteiger partial charge in [-0.2, -0.15) is 0 Å². The highest BCUT2D eigenvalue weighted by atomic mass is 16.5. The van der Waals surface area contributed by atoms with Crippen LogP contribution >= 0.6 is 0 Å². The van der Waals surface area contributed by atoms with Crippen LogP contribution in [0.4, 0.5) is 5.88 Å². The van der Waals surface area contributed by atoms with Crippen molar-refractivity contribution in [2.24, 2.45) is 0 Å². The first kappa shape index (κ1) is 21.0. The smallest absolute Gasteiger partial charge is 0.331 e. The average Bonchev–Trinajstić information content (AvgIpc) is 3.13. The second-order valence-electron chi connectivity index (χ2n) is 6.93. The molecule has 0 bridgehead atoms. The lowest BCUT2D eigenvalue weighted by molar-refractivity contribution is -0.142. The van der Waals surface area contributed by atoms with Gasteiger partial charge >= 0.3 is 5.97 Å². The molecular formula is C20H24N2O6. The first-order valence-corrected chi connectivity index (χ1v) is 8.57. The Bertz CT molecular complexity index is 864. The fourth-order valence-corrected chi connectivity index (χ4v) is 2.17. The number of esters is 1. The van der Waals surface area contributed by atoms with Crippen molar-refractivity contribution in [2.75, 3.05) is 26.1 Å². The zero-order valence-corrected chi connectivity index (χ0v) is 16.6. The van der Waals surface area contributed by atoms with Crippen LogP contribution in [0, 0.1) is 0 Å². The van der Waals surface area contributed by atoms with E-state index in [1.165, 1.54) is 13.2 Å². The molecule has 150 valence electrons. The Labute approximate surface area is 163 Å². The summed E-state index contributed by atoms with van der Waals surface area (Å²) in [6.07, 6.45) is 2.77. The van der Waals surface area contributed by atoms with Crippen LogP contribution in [0.15, 0.2) is 34.9 Å². The van der Waals surface area contributed by atoms with Gasteiger partial charge in [-0.15, -0.1) is 0 Å². The fraction of sp³-hybridized carbons (Fsp3) is 0.350. The normalized spacial score (nSPS) is 11.3. The molecule has 28 heavy (non-hydrogen) atoms. The van der Waals surface area contributed by atoms with Crippen molar-refractivity contribution in [1.82, 2.24) is 5.16 Å². The Morgan fingerprint density at radius 3 is 2.46 bits per heavy atom. The molecule has 2 aromatic rings. The maximum atomic E-state index is 11.9. The monoisotopic (exact) mass is 388 g/mol. The second kappa shape index (κ2) is 9.07. The van der Waals surface area contributed by atoms with Gasteiger partial charge in [0, 0.05) is 17.6 Å². The molecule has 1 aromatic carbocycles. The van der Waals surface area contributed by atoms with Gasteiger partial charge in [-0.1, -0.05) is 32.0 Å². The molecule has 1 amide bonds. The van der Waals surface area contributed by atoms with E-state index in [4.69, 9.17) is 18.7 Å². The summed E-state index contributed by atoms with van der Waals surface area (Å²) in [5, 5.41) is 6.39. The molecule has 1 heterocycles. The molecule has 8 nitrogen and oxygen atoms in total. The summed E-state index contributed by atoms with van der Waals surface area (Å²) >= 11 is 0. The minimum absolute atomic E-state index is 0.201. The third-order valence-electron chi connectivity index (χ3n) is 3.71. The standard InChI is InChI=1S/C20H24N2O6/c1-20(2,3)16-11-18(28-22-16)21-17(23)12-27-19(24)9-7-13-6-8-14(25-4)15(10-13)26-5/h6-11H,12H2,1-5H3,(H,21,23)/b9-7+. The highest BCUT2D eigenvalue weighted by Gasteiger charge is 2.19. The van der Waals surface area contributed by atoms with Gasteiger partial charge in [0.05, 0.1) is 19.9 Å². The van der Waals surface area contributed by atoms with Gasteiger partial charge in [-0.05, 0) is 23.8 Å². The number of nitrogens with zero attached hydrogens (tertiary/aromatic N) is 1. The summed E-state index contributed by atoms with van der Waals surface area (Å²) < 4.78 is 20.3. The van der Waals surface area contributed by atoms with Crippen molar-refractivity contribution >= 4 is 23.8 Å². The van der Waals surface area contributed by atoms with E-state index >= 15 is 0 Å². The molecule has 0 radical (unpaired) electrons. The van der Waals surface area contributed by atoms with E-state index in [1.807, 2.05) is 20.8 Å². The predicted molar refractivity (Wildman–Crippen MR) is 103 cm³/mol. The first-order valence-electron chi connectivity index (χ1n) is 8.57. The van der Waals surface area contributed by atoms with E-state index in [0.29, 0.717) is 17.2 Å². The van der Waals surface area contributed by atoms with Gasteiger partial charge in [0.25, 0.3) is 5.91 Å². The lowest BCUT2D eigenvalue weighted by Crippen LogP contribution is -2.19. The van der Waals surface area contributed by atoms with Crippen molar-refractivity contribution in [2.45, 2.75) is 26.2 Å². The zero-order valence-electron chi connectivity index (χ0n) is 16.6. The molecule has 0 saturated heterocycles. The van der Waals surface area contributed by atoms with Crippen LogP contribution in [0.25, 0.3) is 6.08 Å². The maximum Gasteiger partial charge on any atom is 0.331 e. The molecule has 0 aliphatic rings. The molecule has 1 aromatic heterocycles. The highest BCUT2D eigenvalue weighted by molar-refractivity contribution is 5.93. The topological polar surface area (TPSA) is 99.9 Å². The molecule has 2 rings (SSSR count). The van der Waals surface area contributed by atoms with Crippen molar-refractivity contribution < 1.29 is 28.3 Å². The number of hydrogen-bond donors (Lipinski definition) is 1. The first-order chi connectivity index (χ1) is 13.2. The lowest BCUT2D eigenvalue weighted by atomic mass is 9.92. The quantitative estimate of drug-likeness (QED) is 0.574. The molecule has 8 heteroatoms. The number of ether oxygens (including phenoxy) is 3. The highest BCUT2D eigenvalue weighted by Crippen LogP contribution is 2.28. The van der Waals surface area contributed by atoms with Crippen molar-refractivity contribution in [1.29, 1.82) is 0 Å². The van der Waals surface area contributed by atoms with Crippen LogP contribution in [0.3, 0.4) is 0 Å². The van der Waals surface area contributed by atoms with Gasteiger partial charge < -0.3 is 18.7 Å². The number of rotatable bonds is 7. The number of amides is 1. The van der Waals surface area contributed by atoms with Crippen molar-refractivity contribution in [3.8, 4) is 11.5 Å². The third kappa shape index (κ3) is 5.87. The third-order valence-corrected chi connectivity index (χ3v) is 3.71. The van der Waals surface area contributed by atoms with E-state index in [1.54, 1.807) is 37.5 Å². The zero-order chi connectivity index (χ0) is 20.7. The SMILES string of the molecule is COc1ccc(/C=C/C(=O)OCC(=O)Nc2cc(C(C)(C)C)no2)cc1OC. The molecule has 0 spiro atoms. The van der Waals surface area contributed by atoms with E-state index < -0.39 is 18.5 Å². The number of benzene rings is 1. The number of anilines is 1. The minimum Gasteiger partial charge on any atom is -0.493 e. The van der Waals surface area contributed by atoms with Gasteiger partial charge in [-0.25, -0.2) is 4.79 Å². The number of hydrogen-bond acceptors (Lipinski definition) is 7. The Morgan fingerprint density at radius 2 is 1.86 bits per heavy atom. The summed E-state index contributed by atoms with van der Waals surface area (Å²) in [5.74, 6) is 0.147. The summed E-state index contributed by atoms with van der Waals surface area (Å²) in [5.41, 5.74) is 1.22. The molecule has 0 fully saturated rings. The van der Waals surface area contributed by atoms with Crippen molar-refractivity contribution in [3.63, 3.8) is 0 Å². The van der Waals surface area contributed by atoms with Crippen LogP contribution in [0.5, 0.6) is 11.5 Å². The number of nitrogens with one attached hydrogen (secondary N) is 1. The number of carbonyl (C=O) groups is 2. The van der Waals surface area contributed by atoms with Crippen LogP contribution < -0.4 is 14.8 Å². The van der Waals surface area contributed by atoms with E-state index in [0.717, 1.165) is 5.56 Å². The largest absolute Gasteiger partial charge is 0.493 e. The maximum absolute atomic E-state index is 11.9. The lowest BCUT2D eigenvalue weighted by Gasteiger charge is -2.12. The van der Waals surface area contributed by atoms with Crippen LogP contribution in [0.2, 0.25) is 0 Å². The molecule has 0 saturated carbocycles. The Balaban J connectivity index is 1.85. The van der Waals surface area contributed by atoms with Crippen LogP contribution in [-0.4, -0.2) is 37.9 Å². The minimum atomic E-state index is -0.655. The Hall–Kier alpha value is -3.29. The molecule has 0 aliphatic heterocycles. The number of aromatic nitrogens is 1. The van der Waals surface area contributed by atoms with E-state index in [2.05, 4.69) is 10.5 Å². The fourth-order valence-electron chi connectivity index (χ4n) is 2.17. The van der Waals surface area contributed by atoms with Crippen LogP contribution in [-0.2, 0) is 19.7 Å². The van der Waals surface area contributed by atoms with Gasteiger partial charge in [0.15, 0.2) is 18.1 Å². The molecule has 0 aliphatic carbocycles. The molecule has 0 atom stereocenters. The molecule has 0 unspecified atom stereocenters.